The lowest BCUT2D eigenvalue weighted by Gasteiger charge is -2.32. The highest BCUT2D eigenvalue weighted by molar-refractivity contribution is 5.98. The standard InChI is InChI=1S/C27H28N4O2/c1-30-15-17-31(18-16-30)14-13-28-26(32)24-25(21-8-3-2-4-9-21)33-27(29-24)23-12-11-20-7-5-6-10-22(20)19-23/h2-12,19H,13-18H2,1H3,(H,28,32). The average molecular weight is 441 g/mol. The third kappa shape index (κ3) is 4.82. The first-order valence-electron chi connectivity index (χ1n) is 11.4. The number of benzene rings is 3. The van der Waals surface area contributed by atoms with Crippen LogP contribution >= 0.6 is 0 Å². The third-order valence-electron chi connectivity index (χ3n) is 6.18. The number of rotatable bonds is 6. The highest BCUT2D eigenvalue weighted by Gasteiger charge is 2.22. The number of nitrogens with zero attached hydrogens (tertiary/aromatic N) is 3. The van der Waals surface area contributed by atoms with Crippen LogP contribution < -0.4 is 5.32 Å². The van der Waals surface area contributed by atoms with Crippen LogP contribution in [0.4, 0.5) is 0 Å². The monoisotopic (exact) mass is 440 g/mol. The van der Waals surface area contributed by atoms with Crippen LogP contribution in [-0.2, 0) is 0 Å². The molecule has 1 aliphatic heterocycles. The highest BCUT2D eigenvalue weighted by Crippen LogP contribution is 2.31. The van der Waals surface area contributed by atoms with Crippen LogP contribution in [0.15, 0.2) is 77.2 Å². The Morgan fingerprint density at radius 2 is 1.64 bits per heavy atom. The van der Waals surface area contributed by atoms with Crippen LogP contribution in [0.2, 0.25) is 0 Å². The van der Waals surface area contributed by atoms with Gasteiger partial charge < -0.3 is 14.6 Å². The number of carbonyl (C=O) groups excluding carboxylic acids is 1. The Labute approximate surface area is 193 Å². The van der Waals surface area contributed by atoms with E-state index in [0.29, 0.717) is 23.9 Å². The van der Waals surface area contributed by atoms with E-state index < -0.39 is 0 Å². The SMILES string of the molecule is CN1CCN(CCNC(=O)c2nc(-c3ccc4ccccc4c3)oc2-c2ccccc2)CC1. The summed E-state index contributed by atoms with van der Waals surface area (Å²) in [5.41, 5.74) is 2.01. The molecule has 168 valence electrons. The smallest absolute Gasteiger partial charge is 0.273 e. The fourth-order valence-electron chi connectivity index (χ4n) is 4.19. The van der Waals surface area contributed by atoms with Gasteiger partial charge in [0, 0.05) is 50.4 Å². The van der Waals surface area contributed by atoms with Gasteiger partial charge in [-0.15, -0.1) is 0 Å². The van der Waals surface area contributed by atoms with Crippen LogP contribution in [-0.4, -0.2) is 67.0 Å². The maximum Gasteiger partial charge on any atom is 0.273 e. The fourth-order valence-corrected chi connectivity index (χ4v) is 4.19. The van der Waals surface area contributed by atoms with Gasteiger partial charge >= 0.3 is 0 Å². The van der Waals surface area contributed by atoms with Gasteiger partial charge in [0.1, 0.15) is 0 Å². The van der Waals surface area contributed by atoms with Crippen LogP contribution in [0, 0.1) is 0 Å². The minimum Gasteiger partial charge on any atom is -0.435 e. The molecule has 1 amide bonds. The van der Waals surface area contributed by atoms with Gasteiger partial charge in [0.25, 0.3) is 5.91 Å². The summed E-state index contributed by atoms with van der Waals surface area (Å²) in [7, 11) is 2.14. The highest BCUT2D eigenvalue weighted by atomic mass is 16.4. The van der Waals surface area contributed by atoms with Crippen molar-refractivity contribution in [2.75, 3.05) is 46.3 Å². The molecule has 0 aliphatic carbocycles. The summed E-state index contributed by atoms with van der Waals surface area (Å²) in [4.78, 5) is 22.5. The van der Waals surface area contributed by atoms with E-state index >= 15 is 0 Å². The lowest BCUT2D eigenvalue weighted by Crippen LogP contribution is -2.46. The number of hydrogen-bond acceptors (Lipinski definition) is 5. The molecule has 2 heterocycles. The van der Waals surface area contributed by atoms with Gasteiger partial charge in [-0.3, -0.25) is 9.69 Å². The Morgan fingerprint density at radius 1 is 0.909 bits per heavy atom. The molecule has 0 saturated carbocycles. The second-order valence-corrected chi connectivity index (χ2v) is 8.53. The first-order valence-corrected chi connectivity index (χ1v) is 11.4. The van der Waals surface area contributed by atoms with Crippen molar-refractivity contribution in [2.24, 2.45) is 0 Å². The molecule has 5 rings (SSSR count). The van der Waals surface area contributed by atoms with Crippen molar-refractivity contribution in [2.45, 2.75) is 0 Å². The van der Waals surface area contributed by atoms with Gasteiger partial charge in [-0.2, -0.15) is 0 Å². The lowest BCUT2D eigenvalue weighted by atomic mass is 10.1. The van der Waals surface area contributed by atoms with E-state index in [-0.39, 0.29) is 5.91 Å². The summed E-state index contributed by atoms with van der Waals surface area (Å²) in [5, 5.41) is 5.30. The maximum absolute atomic E-state index is 13.1. The summed E-state index contributed by atoms with van der Waals surface area (Å²) in [6.45, 7) is 5.58. The first-order chi connectivity index (χ1) is 16.2. The maximum atomic E-state index is 13.1. The van der Waals surface area contributed by atoms with Crippen molar-refractivity contribution in [3.8, 4) is 22.8 Å². The molecule has 0 unspecified atom stereocenters. The van der Waals surface area contributed by atoms with Crippen molar-refractivity contribution < 1.29 is 9.21 Å². The molecule has 1 aliphatic rings. The Morgan fingerprint density at radius 3 is 2.42 bits per heavy atom. The summed E-state index contributed by atoms with van der Waals surface area (Å²) >= 11 is 0. The molecule has 0 atom stereocenters. The van der Waals surface area contributed by atoms with Gasteiger partial charge in [0.2, 0.25) is 5.89 Å². The predicted molar refractivity (Wildman–Crippen MR) is 131 cm³/mol. The number of nitrogens with one attached hydrogen (secondary N) is 1. The van der Waals surface area contributed by atoms with Crippen molar-refractivity contribution >= 4 is 16.7 Å². The predicted octanol–water partition coefficient (Wildman–Crippen LogP) is 4.14. The van der Waals surface area contributed by atoms with E-state index in [1.54, 1.807) is 0 Å². The summed E-state index contributed by atoms with van der Waals surface area (Å²) in [6, 6.07) is 23.9. The number of fused-ring (bicyclic) bond motifs is 1. The van der Waals surface area contributed by atoms with Crippen LogP contribution in [0.1, 0.15) is 10.5 Å². The number of piperazine rings is 1. The van der Waals surface area contributed by atoms with Crippen molar-refractivity contribution in [3.63, 3.8) is 0 Å². The van der Waals surface area contributed by atoms with Gasteiger partial charge in [0.15, 0.2) is 11.5 Å². The average Bonchev–Trinajstić information content (AvgIpc) is 3.31. The molecular weight excluding hydrogens is 412 g/mol. The molecule has 1 saturated heterocycles. The molecular formula is C27H28N4O2. The number of hydrogen-bond donors (Lipinski definition) is 1. The van der Waals surface area contributed by atoms with Gasteiger partial charge in [0.05, 0.1) is 0 Å². The van der Waals surface area contributed by atoms with E-state index in [9.17, 15) is 4.79 Å². The van der Waals surface area contributed by atoms with Gasteiger partial charge in [-0.1, -0.05) is 60.7 Å². The molecule has 0 spiro atoms. The molecule has 0 radical (unpaired) electrons. The van der Waals surface area contributed by atoms with Crippen LogP contribution in [0.3, 0.4) is 0 Å². The molecule has 1 N–H and O–H groups in total. The quantitative estimate of drug-likeness (QED) is 0.488. The zero-order chi connectivity index (χ0) is 22.6. The zero-order valence-corrected chi connectivity index (χ0v) is 18.8. The van der Waals surface area contributed by atoms with Crippen molar-refractivity contribution in [3.05, 3.63) is 78.5 Å². The zero-order valence-electron chi connectivity index (χ0n) is 18.8. The normalized spacial score (nSPS) is 15.1. The Balaban J connectivity index is 1.39. The summed E-state index contributed by atoms with van der Waals surface area (Å²) in [5.74, 6) is 0.735. The van der Waals surface area contributed by atoms with E-state index in [1.165, 1.54) is 0 Å². The Bertz CT molecular complexity index is 1240. The number of carbonyl (C=O) groups is 1. The molecule has 33 heavy (non-hydrogen) atoms. The molecule has 3 aromatic carbocycles. The van der Waals surface area contributed by atoms with Crippen molar-refractivity contribution in [1.82, 2.24) is 20.1 Å². The van der Waals surface area contributed by atoms with Crippen molar-refractivity contribution in [1.29, 1.82) is 0 Å². The molecule has 1 aromatic heterocycles. The number of amides is 1. The minimum absolute atomic E-state index is 0.209. The third-order valence-corrected chi connectivity index (χ3v) is 6.18. The van der Waals surface area contributed by atoms with E-state index in [2.05, 4.69) is 39.3 Å². The topological polar surface area (TPSA) is 61.6 Å². The summed E-state index contributed by atoms with van der Waals surface area (Å²) < 4.78 is 6.18. The van der Waals surface area contributed by atoms with Gasteiger partial charge in [-0.25, -0.2) is 4.98 Å². The lowest BCUT2D eigenvalue weighted by molar-refractivity contribution is 0.0937. The van der Waals surface area contributed by atoms with Gasteiger partial charge in [-0.05, 0) is 30.0 Å². The molecule has 4 aromatic rings. The summed E-state index contributed by atoms with van der Waals surface area (Å²) in [6.07, 6.45) is 0. The van der Waals surface area contributed by atoms with E-state index in [4.69, 9.17) is 4.42 Å². The van der Waals surface area contributed by atoms with Crippen LogP contribution in [0.5, 0.6) is 0 Å². The molecule has 1 fully saturated rings. The number of oxazole rings is 1. The second kappa shape index (κ2) is 9.57. The first kappa shape index (κ1) is 21.4. The molecule has 6 nitrogen and oxygen atoms in total. The van der Waals surface area contributed by atoms with E-state index in [0.717, 1.165) is 54.6 Å². The largest absolute Gasteiger partial charge is 0.435 e. The molecule has 0 bridgehead atoms. The molecule has 6 heteroatoms. The number of likely N-dealkylation sites (N-methyl/N-ethyl adjacent to an activating group) is 1. The van der Waals surface area contributed by atoms with E-state index in [1.807, 2.05) is 60.7 Å². The Kier molecular flexibility index (Phi) is 6.19. The Hall–Kier alpha value is -3.48. The van der Waals surface area contributed by atoms with Crippen LogP contribution in [0.25, 0.3) is 33.6 Å². The second-order valence-electron chi connectivity index (χ2n) is 8.53. The minimum atomic E-state index is -0.209. The fraction of sp³-hybridized carbons (Fsp3) is 0.259. The number of aromatic nitrogens is 1.